The van der Waals surface area contributed by atoms with Crippen molar-refractivity contribution in [2.75, 3.05) is 13.2 Å². The zero-order valence-electron chi connectivity index (χ0n) is 12.0. The molecule has 2 nitrogen and oxygen atoms in total. The third-order valence-electron chi connectivity index (χ3n) is 3.54. The van der Waals surface area contributed by atoms with Crippen LogP contribution in [-0.2, 0) is 4.74 Å². The molecule has 1 aliphatic rings. The van der Waals surface area contributed by atoms with Crippen LogP contribution in [0.25, 0.3) is 0 Å². The lowest BCUT2D eigenvalue weighted by atomic mass is 9.93. The lowest BCUT2D eigenvalue weighted by Gasteiger charge is -2.26. The Labute approximate surface area is 118 Å². The van der Waals surface area contributed by atoms with Crippen LogP contribution in [0.2, 0.25) is 0 Å². The van der Waals surface area contributed by atoms with Crippen molar-refractivity contribution in [1.29, 1.82) is 0 Å². The van der Waals surface area contributed by atoms with Crippen LogP contribution in [0.4, 0.5) is 8.78 Å². The van der Waals surface area contributed by atoms with Gasteiger partial charge >= 0.3 is 0 Å². The molecule has 0 amide bonds. The maximum Gasteiger partial charge on any atom is 0.134 e. The van der Waals surface area contributed by atoms with E-state index < -0.39 is 17.7 Å². The van der Waals surface area contributed by atoms with Gasteiger partial charge in [-0.25, -0.2) is 8.78 Å². The van der Waals surface area contributed by atoms with Gasteiger partial charge in [-0.1, -0.05) is 13.0 Å². The van der Waals surface area contributed by atoms with E-state index in [-0.39, 0.29) is 5.56 Å². The van der Waals surface area contributed by atoms with E-state index in [9.17, 15) is 8.78 Å². The molecule has 2 rings (SSSR count). The molecule has 20 heavy (non-hydrogen) atoms. The van der Waals surface area contributed by atoms with E-state index in [4.69, 9.17) is 4.74 Å². The molecule has 4 heteroatoms. The van der Waals surface area contributed by atoms with Crippen LogP contribution in [0, 0.1) is 18.6 Å². The fraction of sp³-hybridized carbons (Fsp3) is 0.500. The fourth-order valence-electron chi connectivity index (χ4n) is 2.45. The average Bonchev–Trinajstić information content (AvgIpc) is 2.47. The fourth-order valence-corrected chi connectivity index (χ4v) is 2.45. The molecule has 110 valence electrons. The number of hydrogen-bond donors (Lipinski definition) is 1. The lowest BCUT2D eigenvalue weighted by Crippen LogP contribution is -2.27. The molecule has 0 saturated carbocycles. The summed E-state index contributed by atoms with van der Waals surface area (Å²) in [6.07, 6.45) is 4.23. The van der Waals surface area contributed by atoms with E-state index in [1.165, 1.54) is 12.1 Å². The molecule has 0 saturated heterocycles. The first-order valence-electron chi connectivity index (χ1n) is 7.13. The van der Waals surface area contributed by atoms with Gasteiger partial charge < -0.3 is 10.1 Å². The molecular formula is C16H21F2NO. The molecule has 0 aliphatic carbocycles. The highest BCUT2D eigenvalue weighted by molar-refractivity contribution is 5.34. The zero-order valence-corrected chi connectivity index (χ0v) is 12.0. The number of ether oxygens (including phenoxy) is 1. The second kappa shape index (κ2) is 6.84. The predicted octanol–water partition coefficient (Wildman–Crippen LogP) is 4.01. The SMILES string of the molecule is CCCNC(C1=COCCC1)c1c(F)ccc(C)c1F. The minimum atomic E-state index is -0.506. The highest BCUT2D eigenvalue weighted by Crippen LogP contribution is 2.32. The summed E-state index contributed by atoms with van der Waals surface area (Å²) in [4.78, 5) is 0. The van der Waals surface area contributed by atoms with E-state index in [1.807, 2.05) is 6.92 Å². The molecule has 0 aromatic heterocycles. The largest absolute Gasteiger partial charge is 0.501 e. The van der Waals surface area contributed by atoms with Crippen molar-refractivity contribution in [3.63, 3.8) is 0 Å². The first-order chi connectivity index (χ1) is 9.65. The molecule has 1 N–H and O–H groups in total. The Morgan fingerprint density at radius 3 is 2.80 bits per heavy atom. The number of nitrogens with one attached hydrogen (secondary N) is 1. The topological polar surface area (TPSA) is 21.3 Å². The van der Waals surface area contributed by atoms with Crippen molar-refractivity contribution < 1.29 is 13.5 Å². The van der Waals surface area contributed by atoms with Gasteiger partial charge in [0.25, 0.3) is 0 Å². The van der Waals surface area contributed by atoms with Crippen molar-refractivity contribution >= 4 is 0 Å². The highest BCUT2D eigenvalue weighted by atomic mass is 19.1. The molecule has 1 heterocycles. The Hall–Kier alpha value is -1.42. The summed E-state index contributed by atoms with van der Waals surface area (Å²) in [5, 5.41) is 3.24. The first kappa shape index (κ1) is 15.0. The Kier molecular flexibility index (Phi) is 5.12. The Morgan fingerprint density at radius 2 is 2.15 bits per heavy atom. The molecule has 0 bridgehead atoms. The molecule has 1 aliphatic heterocycles. The van der Waals surface area contributed by atoms with Crippen LogP contribution in [0.15, 0.2) is 24.0 Å². The summed E-state index contributed by atoms with van der Waals surface area (Å²) < 4.78 is 33.8. The third-order valence-corrected chi connectivity index (χ3v) is 3.54. The number of hydrogen-bond acceptors (Lipinski definition) is 2. The van der Waals surface area contributed by atoms with Gasteiger partial charge in [0.2, 0.25) is 0 Å². The Morgan fingerprint density at radius 1 is 1.35 bits per heavy atom. The van der Waals surface area contributed by atoms with Gasteiger partial charge in [-0.2, -0.15) is 0 Å². The molecule has 1 aromatic carbocycles. The third kappa shape index (κ3) is 3.18. The van der Waals surface area contributed by atoms with Crippen molar-refractivity contribution in [3.05, 3.63) is 46.7 Å². The van der Waals surface area contributed by atoms with Crippen LogP contribution in [0.3, 0.4) is 0 Å². The molecule has 0 fully saturated rings. The summed E-state index contributed by atoms with van der Waals surface area (Å²) in [6.45, 7) is 5.05. The molecular weight excluding hydrogens is 260 g/mol. The standard InChI is InChI=1S/C16H21F2NO/c1-3-8-19-16(12-5-4-9-20-10-12)14-13(17)7-6-11(2)15(14)18/h6-7,10,16,19H,3-5,8-9H2,1-2H3. The van der Waals surface area contributed by atoms with Crippen LogP contribution in [0.1, 0.15) is 43.4 Å². The number of halogens is 2. The number of rotatable bonds is 5. The highest BCUT2D eigenvalue weighted by Gasteiger charge is 2.25. The van der Waals surface area contributed by atoms with Crippen LogP contribution in [0.5, 0.6) is 0 Å². The number of benzene rings is 1. The van der Waals surface area contributed by atoms with Gasteiger partial charge in [-0.3, -0.25) is 0 Å². The van der Waals surface area contributed by atoms with Crippen molar-refractivity contribution in [3.8, 4) is 0 Å². The Balaban J connectivity index is 2.40. The van der Waals surface area contributed by atoms with Crippen LogP contribution < -0.4 is 5.32 Å². The second-order valence-electron chi connectivity index (χ2n) is 5.15. The average molecular weight is 281 g/mol. The first-order valence-corrected chi connectivity index (χ1v) is 7.13. The molecule has 1 atom stereocenters. The molecule has 1 aromatic rings. The second-order valence-corrected chi connectivity index (χ2v) is 5.15. The van der Waals surface area contributed by atoms with Gasteiger partial charge in [0.15, 0.2) is 0 Å². The van der Waals surface area contributed by atoms with E-state index in [1.54, 1.807) is 13.2 Å². The van der Waals surface area contributed by atoms with Gasteiger partial charge in [-0.15, -0.1) is 0 Å². The van der Waals surface area contributed by atoms with Crippen molar-refractivity contribution in [2.45, 2.75) is 39.2 Å². The minimum Gasteiger partial charge on any atom is -0.501 e. The van der Waals surface area contributed by atoms with E-state index in [0.29, 0.717) is 18.7 Å². The maximum absolute atomic E-state index is 14.3. The van der Waals surface area contributed by atoms with Gasteiger partial charge in [0.05, 0.1) is 18.9 Å². The normalized spacial score (nSPS) is 16.5. The molecule has 0 radical (unpaired) electrons. The summed E-state index contributed by atoms with van der Waals surface area (Å²) >= 11 is 0. The van der Waals surface area contributed by atoms with E-state index in [2.05, 4.69) is 5.32 Å². The van der Waals surface area contributed by atoms with Crippen molar-refractivity contribution in [2.24, 2.45) is 0 Å². The Bertz CT molecular complexity index is 499. The summed E-state index contributed by atoms with van der Waals surface area (Å²) in [5.41, 5.74) is 1.48. The van der Waals surface area contributed by atoms with Crippen molar-refractivity contribution in [1.82, 2.24) is 5.32 Å². The minimum absolute atomic E-state index is 0.107. The quantitative estimate of drug-likeness (QED) is 0.880. The van der Waals surface area contributed by atoms with E-state index in [0.717, 1.165) is 24.8 Å². The smallest absolute Gasteiger partial charge is 0.134 e. The van der Waals surface area contributed by atoms with E-state index >= 15 is 0 Å². The van der Waals surface area contributed by atoms with Gasteiger partial charge in [0, 0.05) is 5.56 Å². The van der Waals surface area contributed by atoms with Crippen LogP contribution >= 0.6 is 0 Å². The molecule has 0 spiro atoms. The monoisotopic (exact) mass is 281 g/mol. The summed E-state index contributed by atoms with van der Waals surface area (Å²) in [7, 11) is 0. The van der Waals surface area contributed by atoms with Crippen LogP contribution in [-0.4, -0.2) is 13.2 Å². The molecule has 1 unspecified atom stereocenters. The summed E-state index contributed by atoms with van der Waals surface area (Å²) in [5.74, 6) is -0.974. The van der Waals surface area contributed by atoms with Gasteiger partial charge in [0.1, 0.15) is 11.6 Å². The maximum atomic E-state index is 14.3. The lowest BCUT2D eigenvalue weighted by molar-refractivity contribution is 0.219. The predicted molar refractivity (Wildman–Crippen MR) is 75.4 cm³/mol. The zero-order chi connectivity index (χ0) is 14.5. The number of aryl methyl sites for hydroxylation is 1. The summed E-state index contributed by atoms with van der Waals surface area (Å²) in [6, 6.07) is 2.35. The van der Waals surface area contributed by atoms with Gasteiger partial charge in [-0.05, 0) is 49.9 Å².